The van der Waals surface area contributed by atoms with E-state index in [1.807, 2.05) is 60.7 Å². The van der Waals surface area contributed by atoms with Crippen molar-refractivity contribution in [3.8, 4) is 11.5 Å². The van der Waals surface area contributed by atoms with Crippen LogP contribution in [0.15, 0.2) is 65.1 Å². The number of para-hydroxylation sites is 1. The van der Waals surface area contributed by atoms with Crippen LogP contribution in [0.4, 0.5) is 10.5 Å². The normalized spacial score (nSPS) is 16.0. The van der Waals surface area contributed by atoms with E-state index >= 15 is 0 Å². The van der Waals surface area contributed by atoms with Gasteiger partial charge in [-0.1, -0.05) is 36.4 Å². The van der Waals surface area contributed by atoms with Gasteiger partial charge in [-0.25, -0.2) is 9.78 Å². The number of hydrogen-bond acceptors (Lipinski definition) is 5. The molecule has 2 aromatic carbocycles. The van der Waals surface area contributed by atoms with Gasteiger partial charge in [0.05, 0.1) is 5.92 Å². The first-order valence-corrected chi connectivity index (χ1v) is 10.4. The average Bonchev–Trinajstić information content (AvgIpc) is 3.19. The maximum Gasteiger partial charge on any atom is 0.321 e. The molecule has 0 radical (unpaired) electrons. The standard InChI is InChI=1S/C24H25N3O4/c1-17-21(26-22(31-17)18-9-4-2-5-10-18)16-30-23(28)19-11-8-14-27(15-19)24(29)25-20-12-6-3-7-13-20/h2-7,9-10,12-13,19H,8,11,14-16H2,1H3,(H,25,29). The number of carbonyl (C=O) groups excluding carboxylic acids is 2. The number of oxazole rings is 1. The van der Waals surface area contributed by atoms with E-state index in [-0.39, 0.29) is 24.5 Å². The van der Waals surface area contributed by atoms with E-state index in [0.29, 0.717) is 36.9 Å². The number of carbonyl (C=O) groups is 2. The van der Waals surface area contributed by atoms with Crippen LogP contribution in [-0.4, -0.2) is 35.0 Å². The zero-order chi connectivity index (χ0) is 21.6. The molecule has 160 valence electrons. The van der Waals surface area contributed by atoms with Crippen LogP contribution in [-0.2, 0) is 16.1 Å². The lowest BCUT2D eigenvalue weighted by atomic mass is 9.98. The minimum atomic E-state index is -0.351. The van der Waals surface area contributed by atoms with Gasteiger partial charge in [-0.2, -0.15) is 0 Å². The minimum Gasteiger partial charge on any atom is -0.459 e. The maximum absolute atomic E-state index is 12.6. The molecule has 1 N–H and O–H groups in total. The molecule has 31 heavy (non-hydrogen) atoms. The fraction of sp³-hybridized carbons (Fsp3) is 0.292. The number of nitrogens with zero attached hydrogens (tertiary/aromatic N) is 2. The fourth-order valence-corrected chi connectivity index (χ4v) is 3.60. The van der Waals surface area contributed by atoms with Crippen LogP contribution < -0.4 is 5.32 Å². The Hall–Kier alpha value is -3.61. The zero-order valence-electron chi connectivity index (χ0n) is 17.4. The summed E-state index contributed by atoms with van der Waals surface area (Å²) in [5.41, 5.74) is 2.20. The van der Waals surface area contributed by atoms with Crippen LogP contribution in [0.2, 0.25) is 0 Å². The Morgan fingerprint density at radius 1 is 1.13 bits per heavy atom. The topological polar surface area (TPSA) is 84.7 Å². The van der Waals surface area contributed by atoms with Crippen molar-refractivity contribution in [3.63, 3.8) is 0 Å². The van der Waals surface area contributed by atoms with Crippen molar-refractivity contribution < 1.29 is 18.7 Å². The van der Waals surface area contributed by atoms with E-state index in [1.54, 1.807) is 11.8 Å². The number of amides is 2. The van der Waals surface area contributed by atoms with Gasteiger partial charge in [0.25, 0.3) is 0 Å². The zero-order valence-corrected chi connectivity index (χ0v) is 17.4. The maximum atomic E-state index is 12.6. The summed E-state index contributed by atoms with van der Waals surface area (Å²) in [5.74, 6) is 0.460. The van der Waals surface area contributed by atoms with Gasteiger partial charge in [-0.3, -0.25) is 4.79 Å². The number of urea groups is 1. The SMILES string of the molecule is Cc1oc(-c2ccccc2)nc1COC(=O)C1CCCN(C(=O)Nc2ccccc2)C1. The Kier molecular flexibility index (Phi) is 6.31. The van der Waals surface area contributed by atoms with Crippen LogP contribution in [0.3, 0.4) is 0 Å². The second-order valence-electron chi connectivity index (χ2n) is 7.58. The second-order valence-corrected chi connectivity index (χ2v) is 7.58. The van der Waals surface area contributed by atoms with E-state index in [4.69, 9.17) is 9.15 Å². The van der Waals surface area contributed by atoms with Gasteiger partial charge in [0.1, 0.15) is 18.1 Å². The van der Waals surface area contributed by atoms with Gasteiger partial charge < -0.3 is 19.4 Å². The Labute approximate surface area is 181 Å². The summed E-state index contributed by atoms with van der Waals surface area (Å²) in [4.78, 5) is 31.3. The molecular weight excluding hydrogens is 394 g/mol. The van der Waals surface area contributed by atoms with Crippen LogP contribution >= 0.6 is 0 Å². The Bertz CT molecular complexity index is 1030. The monoisotopic (exact) mass is 419 g/mol. The Balaban J connectivity index is 1.32. The molecule has 2 amide bonds. The summed E-state index contributed by atoms with van der Waals surface area (Å²) in [7, 11) is 0. The van der Waals surface area contributed by atoms with Gasteiger partial charge in [0.2, 0.25) is 5.89 Å². The lowest BCUT2D eigenvalue weighted by Crippen LogP contribution is -2.44. The summed E-state index contributed by atoms with van der Waals surface area (Å²) in [5, 5.41) is 2.87. The number of rotatable bonds is 5. The van der Waals surface area contributed by atoms with E-state index < -0.39 is 0 Å². The number of benzene rings is 2. The predicted octanol–water partition coefficient (Wildman–Crippen LogP) is 4.64. The highest BCUT2D eigenvalue weighted by Crippen LogP contribution is 2.23. The van der Waals surface area contributed by atoms with Crippen molar-refractivity contribution in [1.82, 2.24) is 9.88 Å². The molecule has 1 aliphatic rings. The highest BCUT2D eigenvalue weighted by atomic mass is 16.5. The molecule has 3 aromatic rings. The number of aryl methyl sites for hydroxylation is 1. The molecule has 1 saturated heterocycles. The second kappa shape index (κ2) is 9.47. The van der Waals surface area contributed by atoms with Gasteiger partial charge >= 0.3 is 12.0 Å². The van der Waals surface area contributed by atoms with Crippen molar-refractivity contribution in [2.75, 3.05) is 18.4 Å². The molecule has 1 unspecified atom stereocenters. The van der Waals surface area contributed by atoms with Crippen LogP contribution in [0.5, 0.6) is 0 Å². The van der Waals surface area contributed by atoms with Gasteiger partial charge in [-0.05, 0) is 44.0 Å². The van der Waals surface area contributed by atoms with Crippen LogP contribution in [0, 0.1) is 12.8 Å². The molecular formula is C24H25N3O4. The number of ether oxygens (including phenoxy) is 1. The van der Waals surface area contributed by atoms with Crippen LogP contribution in [0.25, 0.3) is 11.5 Å². The van der Waals surface area contributed by atoms with Gasteiger partial charge in [0, 0.05) is 24.3 Å². The highest BCUT2D eigenvalue weighted by molar-refractivity contribution is 5.89. The van der Waals surface area contributed by atoms with E-state index in [9.17, 15) is 9.59 Å². The average molecular weight is 419 g/mol. The quantitative estimate of drug-likeness (QED) is 0.609. The molecule has 0 aliphatic carbocycles. The Morgan fingerprint density at radius 3 is 2.58 bits per heavy atom. The smallest absolute Gasteiger partial charge is 0.321 e. The van der Waals surface area contributed by atoms with Crippen molar-refractivity contribution >= 4 is 17.7 Å². The molecule has 1 aromatic heterocycles. The largest absolute Gasteiger partial charge is 0.459 e. The third-order valence-corrected chi connectivity index (χ3v) is 5.33. The molecule has 0 spiro atoms. The third-order valence-electron chi connectivity index (χ3n) is 5.33. The number of nitrogens with one attached hydrogen (secondary N) is 1. The molecule has 1 atom stereocenters. The number of aromatic nitrogens is 1. The molecule has 2 heterocycles. The lowest BCUT2D eigenvalue weighted by Gasteiger charge is -2.31. The highest BCUT2D eigenvalue weighted by Gasteiger charge is 2.30. The number of esters is 1. The number of piperidine rings is 1. The van der Waals surface area contributed by atoms with Crippen molar-refractivity contribution in [2.45, 2.75) is 26.4 Å². The molecule has 0 saturated carbocycles. The summed E-state index contributed by atoms with van der Waals surface area (Å²) >= 11 is 0. The summed E-state index contributed by atoms with van der Waals surface area (Å²) < 4.78 is 11.2. The summed E-state index contributed by atoms with van der Waals surface area (Å²) in [6.07, 6.45) is 1.45. The summed E-state index contributed by atoms with van der Waals surface area (Å²) in [6, 6.07) is 18.7. The van der Waals surface area contributed by atoms with Gasteiger partial charge in [0.15, 0.2) is 0 Å². The summed E-state index contributed by atoms with van der Waals surface area (Å²) in [6.45, 7) is 2.81. The van der Waals surface area contributed by atoms with E-state index in [0.717, 1.165) is 17.7 Å². The van der Waals surface area contributed by atoms with Crippen LogP contribution in [0.1, 0.15) is 24.3 Å². The lowest BCUT2D eigenvalue weighted by molar-refractivity contribution is -0.151. The minimum absolute atomic E-state index is 0.0493. The third kappa shape index (κ3) is 5.12. The molecule has 4 rings (SSSR count). The Morgan fingerprint density at radius 2 is 1.84 bits per heavy atom. The first kappa shape index (κ1) is 20.7. The number of anilines is 1. The van der Waals surface area contributed by atoms with Crippen molar-refractivity contribution in [3.05, 3.63) is 72.1 Å². The fourth-order valence-electron chi connectivity index (χ4n) is 3.60. The van der Waals surface area contributed by atoms with Crippen molar-refractivity contribution in [1.29, 1.82) is 0 Å². The predicted molar refractivity (Wildman–Crippen MR) is 116 cm³/mol. The molecule has 0 bridgehead atoms. The molecule has 7 nitrogen and oxygen atoms in total. The molecule has 1 aliphatic heterocycles. The number of likely N-dealkylation sites (tertiary alicyclic amines) is 1. The first-order chi connectivity index (χ1) is 15.1. The number of hydrogen-bond donors (Lipinski definition) is 1. The molecule has 1 fully saturated rings. The van der Waals surface area contributed by atoms with E-state index in [2.05, 4.69) is 10.3 Å². The van der Waals surface area contributed by atoms with Crippen molar-refractivity contribution in [2.24, 2.45) is 5.92 Å². The van der Waals surface area contributed by atoms with E-state index in [1.165, 1.54) is 0 Å². The molecule has 7 heteroatoms. The first-order valence-electron chi connectivity index (χ1n) is 10.4. The van der Waals surface area contributed by atoms with Gasteiger partial charge in [-0.15, -0.1) is 0 Å².